The lowest BCUT2D eigenvalue weighted by Gasteiger charge is -2.02. The van der Waals surface area contributed by atoms with Gasteiger partial charge in [0, 0.05) is 5.56 Å². The third-order valence-electron chi connectivity index (χ3n) is 2.36. The van der Waals surface area contributed by atoms with Gasteiger partial charge in [-0.15, -0.1) is 0 Å². The van der Waals surface area contributed by atoms with Gasteiger partial charge in [-0.05, 0) is 24.3 Å². The summed E-state index contributed by atoms with van der Waals surface area (Å²) in [6.45, 7) is -0.0393. The van der Waals surface area contributed by atoms with Crippen molar-refractivity contribution in [1.82, 2.24) is 4.98 Å². The normalized spacial score (nSPS) is 10.3. The summed E-state index contributed by atoms with van der Waals surface area (Å²) in [5.41, 5.74) is 1.70. The maximum Gasteiger partial charge on any atom is 0.273 e. The van der Waals surface area contributed by atoms with Crippen LogP contribution in [0.4, 0.5) is 0 Å². The first-order valence-corrected chi connectivity index (χ1v) is 5.89. The zero-order valence-electron chi connectivity index (χ0n) is 9.64. The number of aliphatic hydroxyl groups excluding tert-OH is 1. The second-order valence-corrected chi connectivity index (χ2v) is 4.39. The molecule has 90 valence electrons. The van der Waals surface area contributed by atoms with E-state index in [2.05, 4.69) is 4.98 Å². The standard InChI is InChI=1S/C12H13NO3S/c1-15-9-5-3-8(4-6-9)11-10(7-14)17-12(13-11)16-2/h3-6,14H,7H2,1-2H3. The number of benzene rings is 1. The molecule has 0 radical (unpaired) electrons. The minimum atomic E-state index is -0.0393. The van der Waals surface area contributed by atoms with Crippen LogP contribution in [-0.2, 0) is 6.61 Å². The van der Waals surface area contributed by atoms with Crippen LogP contribution in [-0.4, -0.2) is 24.3 Å². The number of nitrogens with zero attached hydrogens (tertiary/aromatic N) is 1. The van der Waals surface area contributed by atoms with Crippen LogP contribution < -0.4 is 9.47 Å². The van der Waals surface area contributed by atoms with Gasteiger partial charge in [-0.3, -0.25) is 0 Å². The lowest BCUT2D eigenvalue weighted by Crippen LogP contribution is -1.87. The molecule has 0 aliphatic rings. The fourth-order valence-corrected chi connectivity index (χ4v) is 2.25. The molecule has 0 saturated heterocycles. The molecular weight excluding hydrogens is 238 g/mol. The summed E-state index contributed by atoms with van der Waals surface area (Å²) in [6, 6.07) is 7.55. The Morgan fingerprint density at radius 1 is 1.18 bits per heavy atom. The maximum atomic E-state index is 9.28. The summed E-state index contributed by atoms with van der Waals surface area (Å²) < 4.78 is 10.2. The van der Waals surface area contributed by atoms with Gasteiger partial charge in [0.15, 0.2) is 0 Å². The second kappa shape index (κ2) is 5.16. The van der Waals surface area contributed by atoms with Gasteiger partial charge in [0.25, 0.3) is 5.19 Å². The molecule has 0 saturated carbocycles. The fraction of sp³-hybridized carbons (Fsp3) is 0.250. The molecule has 2 rings (SSSR count). The van der Waals surface area contributed by atoms with E-state index in [0.717, 1.165) is 21.9 Å². The smallest absolute Gasteiger partial charge is 0.273 e. The Balaban J connectivity index is 2.40. The minimum absolute atomic E-state index is 0.0393. The summed E-state index contributed by atoms with van der Waals surface area (Å²) in [5.74, 6) is 0.793. The molecular formula is C12H13NO3S. The van der Waals surface area contributed by atoms with E-state index in [4.69, 9.17) is 9.47 Å². The van der Waals surface area contributed by atoms with Gasteiger partial charge in [0.2, 0.25) is 0 Å². The molecule has 0 spiro atoms. The van der Waals surface area contributed by atoms with E-state index in [1.165, 1.54) is 11.3 Å². The Hall–Kier alpha value is -1.59. The highest BCUT2D eigenvalue weighted by atomic mass is 32.1. The van der Waals surface area contributed by atoms with Crippen LogP contribution >= 0.6 is 11.3 Å². The predicted octanol–water partition coefficient (Wildman–Crippen LogP) is 2.32. The number of hydrogen-bond acceptors (Lipinski definition) is 5. The lowest BCUT2D eigenvalue weighted by atomic mass is 10.1. The van der Waals surface area contributed by atoms with Gasteiger partial charge in [0.1, 0.15) is 5.75 Å². The molecule has 0 bridgehead atoms. The Morgan fingerprint density at radius 3 is 2.41 bits per heavy atom. The van der Waals surface area contributed by atoms with Crippen molar-refractivity contribution < 1.29 is 14.6 Å². The number of thiazole rings is 1. The number of rotatable bonds is 4. The number of ether oxygens (including phenoxy) is 2. The highest BCUT2D eigenvalue weighted by Gasteiger charge is 2.12. The molecule has 4 nitrogen and oxygen atoms in total. The van der Waals surface area contributed by atoms with Gasteiger partial charge in [-0.1, -0.05) is 11.3 Å². The quantitative estimate of drug-likeness (QED) is 0.906. The first-order chi connectivity index (χ1) is 8.28. The highest BCUT2D eigenvalue weighted by molar-refractivity contribution is 7.13. The zero-order valence-corrected chi connectivity index (χ0v) is 10.5. The van der Waals surface area contributed by atoms with Crippen LogP contribution in [0.1, 0.15) is 4.88 Å². The van der Waals surface area contributed by atoms with Crippen molar-refractivity contribution in [2.45, 2.75) is 6.61 Å². The van der Waals surface area contributed by atoms with E-state index in [-0.39, 0.29) is 6.61 Å². The van der Waals surface area contributed by atoms with Gasteiger partial charge in [-0.25, -0.2) is 4.98 Å². The molecule has 0 fully saturated rings. The van der Waals surface area contributed by atoms with Crippen molar-refractivity contribution in [2.24, 2.45) is 0 Å². The molecule has 1 aromatic carbocycles. The predicted molar refractivity (Wildman–Crippen MR) is 66.6 cm³/mol. The largest absolute Gasteiger partial charge is 0.497 e. The Kier molecular flexibility index (Phi) is 3.61. The summed E-state index contributed by atoms with van der Waals surface area (Å²) in [7, 11) is 3.19. The van der Waals surface area contributed by atoms with Crippen molar-refractivity contribution >= 4 is 11.3 Å². The summed E-state index contributed by atoms with van der Waals surface area (Å²) in [4.78, 5) is 5.12. The van der Waals surface area contributed by atoms with Crippen LogP contribution in [0.2, 0.25) is 0 Å². The van der Waals surface area contributed by atoms with Crippen LogP contribution in [0.3, 0.4) is 0 Å². The zero-order chi connectivity index (χ0) is 12.3. The molecule has 0 unspecified atom stereocenters. The van der Waals surface area contributed by atoms with Crippen molar-refractivity contribution in [3.05, 3.63) is 29.1 Å². The first-order valence-electron chi connectivity index (χ1n) is 5.07. The molecule has 2 aromatic rings. The Bertz CT molecular complexity index is 493. The number of aromatic nitrogens is 1. The van der Waals surface area contributed by atoms with E-state index in [0.29, 0.717) is 5.19 Å². The van der Waals surface area contributed by atoms with Crippen molar-refractivity contribution in [3.63, 3.8) is 0 Å². The maximum absolute atomic E-state index is 9.28. The molecule has 1 N–H and O–H groups in total. The fourth-order valence-electron chi connectivity index (χ4n) is 1.50. The minimum Gasteiger partial charge on any atom is -0.497 e. The lowest BCUT2D eigenvalue weighted by molar-refractivity contribution is 0.286. The average molecular weight is 251 g/mol. The van der Waals surface area contributed by atoms with E-state index >= 15 is 0 Å². The van der Waals surface area contributed by atoms with Gasteiger partial charge >= 0.3 is 0 Å². The third-order valence-corrected chi connectivity index (χ3v) is 3.36. The molecule has 0 aliphatic heterocycles. The van der Waals surface area contributed by atoms with Gasteiger partial charge < -0.3 is 14.6 Å². The van der Waals surface area contributed by atoms with Crippen molar-refractivity contribution in [1.29, 1.82) is 0 Å². The topological polar surface area (TPSA) is 51.6 Å². The van der Waals surface area contributed by atoms with Gasteiger partial charge in [0.05, 0.1) is 31.4 Å². The van der Waals surface area contributed by atoms with Crippen molar-refractivity contribution in [3.8, 4) is 22.2 Å². The molecule has 17 heavy (non-hydrogen) atoms. The Labute approximate surface area is 103 Å². The second-order valence-electron chi connectivity index (χ2n) is 3.34. The van der Waals surface area contributed by atoms with Crippen LogP contribution in [0, 0.1) is 0 Å². The van der Waals surface area contributed by atoms with Crippen LogP contribution in [0.15, 0.2) is 24.3 Å². The van der Waals surface area contributed by atoms with E-state index in [1.807, 2.05) is 24.3 Å². The average Bonchev–Trinajstić information content (AvgIpc) is 2.82. The number of hydrogen-bond donors (Lipinski definition) is 1. The summed E-state index contributed by atoms with van der Waals surface area (Å²) >= 11 is 1.35. The monoisotopic (exact) mass is 251 g/mol. The Morgan fingerprint density at radius 2 is 1.88 bits per heavy atom. The van der Waals surface area contributed by atoms with Crippen LogP contribution in [0.25, 0.3) is 11.3 Å². The summed E-state index contributed by atoms with van der Waals surface area (Å²) in [6.07, 6.45) is 0. The van der Waals surface area contributed by atoms with E-state index < -0.39 is 0 Å². The molecule has 0 aliphatic carbocycles. The van der Waals surface area contributed by atoms with E-state index in [9.17, 15) is 5.11 Å². The molecule has 1 heterocycles. The van der Waals surface area contributed by atoms with Gasteiger partial charge in [-0.2, -0.15) is 0 Å². The molecule has 0 amide bonds. The first kappa shape index (κ1) is 11.9. The summed E-state index contributed by atoms with van der Waals surface area (Å²) in [5, 5.41) is 9.83. The molecule has 1 aromatic heterocycles. The SMILES string of the molecule is COc1ccc(-c2nc(OC)sc2CO)cc1. The van der Waals surface area contributed by atoms with E-state index in [1.54, 1.807) is 14.2 Å². The third kappa shape index (κ3) is 2.40. The number of methoxy groups -OCH3 is 2. The molecule has 0 atom stereocenters. The van der Waals surface area contributed by atoms with Crippen molar-refractivity contribution in [2.75, 3.05) is 14.2 Å². The molecule has 5 heteroatoms. The highest BCUT2D eigenvalue weighted by Crippen LogP contribution is 2.32. The number of aliphatic hydroxyl groups is 1. The van der Waals surface area contributed by atoms with Crippen LogP contribution in [0.5, 0.6) is 10.9 Å².